The SMILES string of the molecule is O=C(N/N=C/c1cc(Br)ccc1OCc1ccc(Cl)c(Cl)c1)c1cc(-c2ccccc2)nc2ccccc12. The first kappa shape index (κ1) is 25.9. The smallest absolute Gasteiger partial charge is 0.272 e. The van der Waals surface area contributed by atoms with E-state index in [2.05, 4.69) is 26.5 Å². The summed E-state index contributed by atoms with van der Waals surface area (Å²) in [4.78, 5) is 18.0. The van der Waals surface area contributed by atoms with E-state index in [1.54, 1.807) is 24.4 Å². The molecule has 5 nitrogen and oxygen atoms in total. The molecule has 0 aliphatic heterocycles. The number of hydrogen-bond acceptors (Lipinski definition) is 4. The van der Waals surface area contributed by atoms with Crippen LogP contribution < -0.4 is 10.2 Å². The Hall–Kier alpha value is -3.71. The molecule has 188 valence electrons. The molecule has 8 heteroatoms. The van der Waals surface area contributed by atoms with Crippen molar-refractivity contribution < 1.29 is 9.53 Å². The molecule has 0 fully saturated rings. The summed E-state index contributed by atoms with van der Waals surface area (Å²) in [6.45, 7) is 0.289. The third-order valence-corrected chi connectivity index (χ3v) is 6.98. The predicted octanol–water partition coefficient (Wildman–Crippen LogP) is 8.31. The fourth-order valence-corrected chi connectivity index (χ4v) is 4.58. The van der Waals surface area contributed by atoms with Gasteiger partial charge in [-0.2, -0.15) is 5.10 Å². The number of hydrogen-bond donors (Lipinski definition) is 1. The van der Waals surface area contributed by atoms with Crippen molar-refractivity contribution in [3.8, 4) is 17.0 Å². The number of nitrogens with zero attached hydrogens (tertiary/aromatic N) is 2. The van der Waals surface area contributed by atoms with Crippen molar-refractivity contribution in [2.45, 2.75) is 6.61 Å². The molecule has 0 radical (unpaired) electrons. The molecule has 0 aliphatic carbocycles. The lowest BCUT2D eigenvalue weighted by Gasteiger charge is -2.11. The van der Waals surface area contributed by atoms with Gasteiger partial charge in [-0.25, -0.2) is 10.4 Å². The number of fused-ring (bicyclic) bond motifs is 1. The van der Waals surface area contributed by atoms with Crippen LogP contribution in [0.1, 0.15) is 21.5 Å². The first-order chi connectivity index (χ1) is 18.5. The number of nitrogens with one attached hydrogen (secondary N) is 1. The normalized spacial score (nSPS) is 11.1. The van der Waals surface area contributed by atoms with Crippen LogP contribution >= 0.6 is 39.1 Å². The number of halogens is 3. The summed E-state index contributed by atoms with van der Waals surface area (Å²) in [5, 5.41) is 5.92. The van der Waals surface area contributed by atoms with Gasteiger partial charge in [0.15, 0.2) is 0 Å². The van der Waals surface area contributed by atoms with E-state index in [-0.39, 0.29) is 12.5 Å². The van der Waals surface area contributed by atoms with Gasteiger partial charge in [0.1, 0.15) is 12.4 Å². The Balaban J connectivity index is 1.37. The average Bonchev–Trinajstić information content (AvgIpc) is 2.94. The summed E-state index contributed by atoms with van der Waals surface area (Å²) in [5.41, 5.74) is 7.06. The molecule has 0 bridgehead atoms. The van der Waals surface area contributed by atoms with Crippen LogP contribution in [0.25, 0.3) is 22.2 Å². The van der Waals surface area contributed by atoms with Crippen molar-refractivity contribution in [2.75, 3.05) is 0 Å². The van der Waals surface area contributed by atoms with Gasteiger partial charge in [-0.3, -0.25) is 4.79 Å². The van der Waals surface area contributed by atoms with Gasteiger partial charge in [-0.1, -0.05) is 93.7 Å². The third kappa shape index (κ3) is 6.05. The topological polar surface area (TPSA) is 63.6 Å². The third-order valence-electron chi connectivity index (χ3n) is 5.75. The van der Waals surface area contributed by atoms with Crippen LogP contribution in [-0.4, -0.2) is 17.1 Å². The van der Waals surface area contributed by atoms with Gasteiger partial charge in [0.25, 0.3) is 5.91 Å². The predicted molar refractivity (Wildman–Crippen MR) is 157 cm³/mol. The van der Waals surface area contributed by atoms with E-state index in [1.807, 2.05) is 78.9 Å². The quantitative estimate of drug-likeness (QED) is 0.150. The average molecular weight is 605 g/mol. The van der Waals surface area contributed by atoms with Crippen LogP contribution in [0.2, 0.25) is 10.0 Å². The number of benzene rings is 4. The van der Waals surface area contributed by atoms with Gasteiger partial charge in [-0.15, -0.1) is 0 Å². The van der Waals surface area contributed by atoms with Gasteiger partial charge < -0.3 is 4.74 Å². The van der Waals surface area contributed by atoms with Crippen LogP contribution in [0.15, 0.2) is 107 Å². The molecule has 1 N–H and O–H groups in total. The molecular weight excluding hydrogens is 585 g/mol. The molecule has 38 heavy (non-hydrogen) atoms. The summed E-state index contributed by atoms with van der Waals surface area (Å²) in [7, 11) is 0. The number of ether oxygens (including phenoxy) is 1. The highest BCUT2D eigenvalue weighted by Gasteiger charge is 2.14. The van der Waals surface area contributed by atoms with E-state index in [9.17, 15) is 4.79 Å². The summed E-state index contributed by atoms with van der Waals surface area (Å²) in [5.74, 6) is 0.253. The van der Waals surface area contributed by atoms with Crippen LogP contribution in [0, 0.1) is 0 Å². The van der Waals surface area contributed by atoms with Crippen molar-refractivity contribution in [3.63, 3.8) is 0 Å². The minimum absolute atomic E-state index is 0.289. The Bertz CT molecular complexity index is 1660. The summed E-state index contributed by atoms with van der Waals surface area (Å²) in [6, 6.07) is 30.0. The zero-order valence-corrected chi connectivity index (χ0v) is 23.0. The Labute approximate surface area is 238 Å². The fraction of sp³-hybridized carbons (Fsp3) is 0.0333. The van der Waals surface area contributed by atoms with Gasteiger partial charge in [-0.05, 0) is 48.0 Å². The number of pyridine rings is 1. The number of aromatic nitrogens is 1. The molecule has 5 aromatic rings. The van der Waals surface area contributed by atoms with Crippen LogP contribution in [0.5, 0.6) is 5.75 Å². The van der Waals surface area contributed by atoms with Crippen LogP contribution in [0.3, 0.4) is 0 Å². The zero-order chi connectivity index (χ0) is 26.5. The molecule has 0 aliphatic rings. The van der Waals surface area contributed by atoms with Crippen LogP contribution in [0.4, 0.5) is 0 Å². The fourth-order valence-electron chi connectivity index (χ4n) is 3.88. The maximum Gasteiger partial charge on any atom is 0.272 e. The Kier molecular flexibility index (Phi) is 8.03. The molecule has 0 saturated heterocycles. The lowest BCUT2D eigenvalue weighted by Crippen LogP contribution is -2.18. The number of carbonyl (C=O) groups is 1. The zero-order valence-electron chi connectivity index (χ0n) is 19.9. The number of rotatable bonds is 7. The summed E-state index contributed by atoms with van der Waals surface area (Å²) >= 11 is 15.6. The minimum Gasteiger partial charge on any atom is -0.488 e. The maximum atomic E-state index is 13.2. The molecule has 5 rings (SSSR count). The lowest BCUT2D eigenvalue weighted by molar-refractivity contribution is 0.0956. The van der Waals surface area contributed by atoms with Gasteiger partial charge >= 0.3 is 0 Å². The van der Waals surface area contributed by atoms with Crippen molar-refractivity contribution in [2.24, 2.45) is 5.10 Å². The molecule has 0 saturated carbocycles. The highest BCUT2D eigenvalue weighted by atomic mass is 79.9. The van der Waals surface area contributed by atoms with Gasteiger partial charge in [0, 0.05) is 21.0 Å². The second kappa shape index (κ2) is 11.8. The Morgan fingerprint density at radius 3 is 2.53 bits per heavy atom. The van der Waals surface area contributed by atoms with E-state index in [0.717, 1.165) is 26.5 Å². The van der Waals surface area contributed by atoms with E-state index >= 15 is 0 Å². The van der Waals surface area contributed by atoms with Gasteiger partial charge in [0.2, 0.25) is 0 Å². The number of para-hydroxylation sites is 1. The van der Waals surface area contributed by atoms with Crippen molar-refractivity contribution in [3.05, 3.63) is 128 Å². The largest absolute Gasteiger partial charge is 0.488 e. The molecule has 1 amide bonds. The van der Waals surface area contributed by atoms with E-state index in [0.29, 0.717) is 32.6 Å². The summed E-state index contributed by atoms with van der Waals surface area (Å²) in [6.07, 6.45) is 1.55. The van der Waals surface area contributed by atoms with Crippen molar-refractivity contribution >= 4 is 62.2 Å². The first-order valence-corrected chi connectivity index (χ1v) is 13.2. The second-order valence-corrected chi connectivity index (χ2v) is 10.1. The molecule has 0 atom stereocenters. The summed E-state index contributed by atoms with van der Waals surface area (Å²) < 4.78 is 6.85. The molecule has 1 heterocycles. The van der Waals surface area contributed by atoms with Crippen molar-refractivity contribution in [1.29, 1.82) is 0 Å². The van der Waals surface area contributed by atoms with E-state index in [1.165, 1.54) is 0 Å². The van der Waals surface area contributed by atoms with E-state index in [4.69, 9.17) is 32.9 Å². The highest BCUT2D eigenvalue weighted by Crippen LogP contribution is 2.27. The molecule has 4 aromatic carbocycles. The maximum absolute atomic E-state index is 13.2. The molecule has 0 unspecified atom stereocenters. The monoisotopic (exact) mass is 603 g/mol. The van der Waals surface area contributed by atoms with Crippen molar-refractivity contribution in [1.82, 2.24) is 10.4 Å². The number of hydrazone groups is 1. The standard InChI is InChI=1S/C30H20BrCl2N3O2/c31-22-11-13-29(38-18-19-10-12-25(32)26(33)14-19)21(15-22)17-34-36-30(37)24-16-28(20-6-2-1-3-7-20)35-27-9-5-4-8-23(24)27/h1-17H,18H2,(H,36,37)/b34-17+. The molecular formula is C30H20BrCl2N3O2. The number of amides is 1. The second-order valence-electron chi connectivity index (χ2n) is 8.36. The molecule has 0 spiro atoms. The minimum atomic E-state index is -0.342. The lowest BCUT2D eigenvalue weighted by atomic mass is 10.0. The number of carbonyl (C=O) groups excluding carboxylic acids is 1. The van der Waals surface area contributed by atoms with E-state index < -0.39 is 0 Å². The molecule has 1 aromatic heterocycles. The van der Waals surface area contributed by atoms with Gasteiger partial charge in [0.05, 0.1) is 33.0 Å². The van der Waals surface area contributed by atoms with Crippen LogP contribution in [-0.2, 0) is 6.61 Å². The Morgan fingerprint density at radius 1 is 0.921 bits per heavy atom. The first-order valence-electron chi connectivity index (χ1n) is 11.6. The Morgan fingerprint density at radius 2 is 1.71 bits per heavy atom. The highest BCUT2D eigenvalue weighted by molar-refractivity contribution is 9.10.